The summed E-state index contributed by atoms with van der Waals surface area (Å²) in [5, 5.41) is 9.18. The molecule has 178 valence electrons. The Morgan fingerprint density at radius 2 is 1.70 bits per heavy atom. The molecule has 0 aliphatic rings. The number of nitrogens with zero attached hydrogens (tertiary/aromatic N) is 2. The maximum Gasteiger partial charge on any atom is 0.338 e. The van der Waals surface area contributed by atoms with E-state index in [9.17, 15) is 19.2 Å². The molecule has 2 aromatic rings. The fraction of sp³-hybridized carbons (Fsp3) is 0.435. The summed E-state index contributed by atoms with van der Waals surface area (Å²) in [5.74, 6) is -1.70. The molecule has 2 rings (SSSR count). The van der Waals surface area contributed by atoms with Gasteiger partial charge in [0.2, 0.25) is 0 Å². The molecule has 0 fully saturated rings. The number of amides is 3. The molecule has 1 unspecified atom stereocenters. The van der Waals surface area contributed by atoms with E-state index in [1.54, 1.807) is 42.8 Å². The standard InChI is InChI=1S/C23H30N4O6/c1-13(2)24-23(31)25-21(29)16(5)33-22(30)17-7-9-18(10-8-17)27-15(4)19(14(3)26-27)11-12-20(28)32-6/h7-10,13,16H,11-12H2,1-6H3,(H2,24,25,29,31). The number of imide groups is 1. The molecule has 0 aliphatic heterocycles. The Kier molecular flexibility index (Phi) is 8.72. The molecule has 0 radical (unpaired) electrons. The summed E-state index contributed by atoms with van der Waals surface area (Å²) in [5.41, 5.74) is 3.63. The van der Waals surface area contributed by atoms with Crippen LogP contribution in [0.25, 0.3) is 5.69 Å². The topological polar surface area (TPSA) is 129 Å². The molecule has 0 bridgehead atoms. The lowest BCUT2D eigenvalue weighted by atomic mass is 10.1. The van der Waals surface area contributed by atoms with E-state index < -0.39 is 24.0 Å². The minimum Gasteiger partial charge on any atom is -0.469 e. The number of urea groups is 1. The lowest BCUT2D eigenvalue weighted by Gasteiger charge is -2.14. The van der Waals surface area contributed by atoms with Crippen molar-refractivity contribution in [1.29, 1.82) is 0 Å². The van der Waals surface area contributed by atoms with Gasteiger partial charge < -0.3 is 14.8 Å². The second-order valence-corrected chi connectivity index (χ2v) is 7.85. The van der Waals surface area contributed by atoms with Crippen molar-refractivity contribution < 1.29 is 28.7 Å². The van der Waals surface area contributed by atoms with E-state index in [1.165, 1.54) is 14.0 Å². The molecule has 10 heteroatoms. The van der Waals surface area contributed by atoms with Gasteiger partial charge in [-0.05, 0) is 70.9 Å². The van der Waals surface area contributed by atoms with Crippen molar-refractivity contribution in [2.24, 2.45) is 0 Å². The highest BCUT2D eigenvalue weighted by Gasteiger charge is 2.21. The molecule has 3 amide bonds. The van der Waals surface area contributed by atoms with Crippen molar-refractivity contribution in [3.8, 4) is 5.69 Å². The quantitative estimate of drug-likeness (QED) is 0.581. The molecule has 1 aromatic heterocycles. The van der Waals surface area contributed by atoms with Crippen LogP contribution < -0.4 is 10.6 Å². The zero-order chi connectivity index (χ0) is 24.7. The van der Waals surface area contributed by atoms with Crippen LogP contribution in [0.2, 0.25) is 0 Å². The highest BCUT2D eigenvalue weighted by atomic mass is 16.5. The Morgan fingerprint density at radius 1 is 1.06 bits per heavy atom. The summed E-state index contributed by atoms with van der Waals surface area (Å²) < 4.78 is 11.6. The molecule has 1 aromatic carbocycles. The third-order valence-electron chi connectivity index (χ3n) is 4.91. The lowest BCUT2D eigenvalue weighted by Crippen LogP contribution is -2.46. The third-order valence-corrected chi connectivity index (χ3v) is 4.91. The molecule has 0 spiro atoms. The zero-order valence-corrected chi connectivity index (χ0v) is 19.7. The SMILES string of the molecule is COC(=O)CCc1c(C)nn(-c2ccc(C(=O)OC(C)C(=O)NC(=O)NC(C)C)cc2)c1C. The molecule has 10 nitrogen and oxygen atoms in total. The largest absolute Gasteiger partial charge is 0.469 e. The van der Waals surface area contributed by atoms with Gasteiger partial charge in [0.15, 0.2) is 6.10 Å². The first-order chi connectivity index (χ1) is 15.5. The molecule has 0 saturated carbocycles. The first-order valence-electron chi connectivity index (χ1n) is 10.6. The molecule has 1 atom stereocenters. The van der Waals surface area contributed by atoms with Crippen LogP contribution in [0.4, 0.5) is 4.79 Å². The maximum atomic E-state index is 12.4. The summed E-state index contributed by atoms with van der Waals surface area (Å²) in [7, 11) is 1.36. The molecule has 0 saturated heterocycles. The summed E-state index contributed by atoms with van der Waals surface area (Å²) in [6, 6.07) is 5.76. The van der Waals surface area contributed by atoms with E-state index in [0.717, 1.165) is 22.6 Å². The van der Waals surface area contributed by atoms with Gasteiger partial charge in [0.25, 0.3) is 5.91 Å². The van der Waals surface area contributed by atoms with Crippen LogP contribution in [-0.4, -0.2) is 52.9 Å². The highest BCUT2D eigenvalue weighted by Crippen LogP contribution is 2.20. The molecular weight excluding hydrogens is 428 g/mol. The van der Waals surface area contributed by atoms with Crippen LogP contribution in [0, 0.1) is 13.8 Å². The van der Waals surface area contributed by atoms with E-state index in [1.807, 2.05) is 13.8 Å². The monoisotopic (exact) mass is 458 g/mol. The number of nitrogens with one attached hydrogen (secondary N) is 2. The third kappa shape index (κ3) is 6.90. The Balaban J connectivity index is 2.05. The summed E-state index contributed by atoms with van der Waals surface area (Å²) in [6.07, 6.45) is -0.368. The minimum atomic E-state index is -1.15. The summed E-state index contributed by atoms with van der Waals surface area (Å²) in [6.45, 7) is 8.68. The van der Waals surface area contributed by atoms with Crippen LogP contribution in [0.5, 0.6) is 0 Å². The number of hydrogen-bond acceptors (Lipinski definition) is 7. The van der Waals surface area contributed by atoms with Gasteiger partial charge in [0.1, 0.15) is 0 Å². The second-order valence-electron chi connectivity index (χ2n) is 7.85. The zero-order valence-electron chi connectivity index (χ0n) is 19.7. The van der Waals surface area contributed by atoms with Gasteiger partial charge >= 0.3 is 18.0 Å². The van der Waals surface area contributed by atoms with Crippen molar-refractivity contribution >= 4 is 23.9 Å². The second kappa shape index (κ2) is 11.3. The van der Waals surface area contributed by atoms with E-state index in [-0.39, 0.29) is 24.0 Å². The smallest absolute Gasteiger partial charge is 0.338 e. The van der Waals surface area contributed by atoms with Crippen molar-refractivity contribution in [2.75, 3.05) is 7.11 Å². The predicted octanol–water partition coefficient (Wildman–Crippen LogP) is 2.37. The number of rotatable bonds is 8. The fourth-order valence-corrected chi connectivity index (χ4v) is 3.15. The fourth-order valence-electron chi connectivity index (χ4n) is 3.15. The summed E-state index contributed by atoms with van der Waals surface area (Å²) in [4.78, 5) is 47.5. The number of aromatic nitrogens is 2. The Labute approximate surface area is 192 Å². The van der Waals surface area contributed by atoms with Gasteiger partial charge in [-0.3, -0.25) is 14.9 Å². The van der Waals surface area contributed by atoms with E-state index in [0.29, 0.717) is 6.42 Å². The number of aryl methyl sites for hydroxylation is 1. The van der Waals surface area contributed by atoms with Crippen LogP contribution in [-0.2, 0) is 25.5 Å². The van der Waals surface area contributed by atoms with Gasteiger partial charge in [-0.15, -0.1) is 0 Å². The molecular formula is C23H30N4O6. The van der Waals surface area contributed by atoms with Crippen molar-refractivity contribution in [1.82, 2.24) is 20.4 Å². The normalized spacial score (nSPS) is 11.6. The van der Waals surface area contributed by atoms with E-state index in [2.05, 4.69) is 15.7 Å². The first-order valence-corrected chi connectivity index (χ1v) is 10.6. The predicted molar refractivity (Wildman–Crippen MR) is 120 cm³/mol. The number of carbonyl (C=O) groups is 4. The average Bonchev–Trinajstić information content (AvgIpc) is 3.04. The maximum absolute atomic E-state index is 12.4. The first kappa shape index (κ1) is 25.6. The molecule has 33 heavy (non-hydrogen) atoms. The van der Waals surface area contributed by atoms with E-state index in [4.69, 9.17) is 9.47 Å². The van der Waals surface area contributed by atoms with Crippen LogP contribution >= 0.6 is 0 Å². The number of ether oxygens (including phenoxy) is 2. The molecule has 2 N–H and O–H groups in total. The average molecular weight is 459 g/mol. The number of hydrogen-bond donors (Lipinski definition) is 2. The van der Waals surface area contributed by atoms with Crippen LogP contribution in [0.15, 0.2) is 24.3 Å². The van der Waals surface area contributed by atoms with Crippen LogP contribution in [0.3, 0.4) is 0 Å². The van der Waals surface area contributed by atoms with Gasteiger partial charge in [-0.1, -0.05) is 0 Å². The molecule has 1 heterocycles. The Morgan fingerprint density at radius 3 is 2.27 bits per heavy atom. The Bertz CT molecular complexity index is 1030. The van der Waals surface area contributed by atoms with E-state index >= 15 is 0 Å². The van der Waals surface area contributed by atoms with Crippen molar-refractivity contribution in [3.63, 3.8) is 0 Å². The highest BCUT2D eigenvalue weighted by molar-refractivity contribution is 5.98. The van der Waals surface area contributed by atoms with Gasteiger partial charge in [-0.25, -0.2) is 14.3 Å². The van der Waals surface area contributed by atoms with Gasteiger partial charge in [0, 0.05) is 18.2 Å². The van der Waals surface area contributed by atoms with Crippen molar-refractivity contribution in [3.05, 3.63) is 46.8 Å². The minimum absolute atomic E-state index is 0.139. The number of methoxy groups -OCH3 is 1. The van der Waals surface area contributed by atoms with Gasteiger partial charge in [0.05, 0.1) is 24.1 Å². The van der Waals surface area contributed by atoms with Gasteiger partial charge in [-0.2, -0.15) is 5.10 Å². The van der Waals surface area contributed by atoms with Crippen molar-refractivity contribution in [2.45, 2.75) is 59.6 Å². The number of carbonyl (C=O) groups excluding carboxylic acids is 4. The molecule has 0 aliphatic carbocycles. The van der Waals surface area contributed by atoms with Crippen LogP contribution in [0.1, 0.15) is 54.5 Å². The lowest BCUT2D eigenvalue weighted by molar-refractivity contribution is -0.140. The Hall–Kier alpha value is -3.69. The number of benzene rings is 1. The summed E-state index contributed by atoms with van der Waals surface area (Å²) >= 11 is 0. The number of esters is 2.